The van der Waals surface area contributed by atoms with Crippen LogP contribution >= 0.6 is 9.06 Å². The van der Waals surface area contributed by atoms with E-state index >= 15 is 8.78 Å². The number of benzene rings is 3. The third kappa shape index (κ3) is 4.88. The molecule has 3 aromatic rings. The van der Waals surface area contributed by atoms with E-state index in [0.29, 0.717) is 0 Å². The maximum absolute atomic E-state index is 16.0. The Morgan fingerprint density at radius 3 is 1.65 bits per heavy atom. The van der Waals surface area contributed by atoms with E-state index in [2.05, 4.69) is 11.3 Å². The molecule has 0 saturated heterocycles. The zero-order chi connectivity index (χ0) is 27.7. The van der Waals surface area contributed by atoms with Gasteiger partial charge in [-0.3, -0.25) is 9.11 Å². The van der Waals surface area contributed by atoms with Crippen LogP contribution in [0.3, 0.4) is 0 Å². The fourth-order valence-electron chi connectivity index (χ4n) is 3.86. The summed E-state index contributed by atoms with van der Waals surface area (Å²) in [6, 6.07) is 21.6. The molecular formula is C28H32F2O5S2. The molecule has 0 aliphatic rings. The molecule has 0 spiro atoms. The molecule has 9 heteroatoms. The maximum atomic E-state index is 16.0. The average Bonchev–Trinajstić information content (AvgIpc) is 2.83. The molecule has 0 bridgehead atoms. The van der Waals surface area contributed by atoms with E-state index < -0.39 is 35.6 Å². The van der Waals surface area contributed by atoms with Crippen molar-refractivity contribution in [1.29, 1.82) is 0 Å². The third-order valence-corrected chi connectivity index (χ3v) is 15.9. The molecule has 0 saturated carbocycles. The van der Waals surface area contributed by atoms with Crippen molar-refractivity contribution in [3.63, 3.8) is 0 Å². The molecule has 0 amide bonds. The second kappa shape index (κ2) is 9.79. The molecule has 0 heterocycles. The second-order valence-electron chi connectivity index (χ2n) is 9.75. The molecule has 3 aromatic carbocycles. The van der Waals surface area contributed by atoms with Crippen LogP contribution in [0.15, 0.2) is 112 Å². The Balaban J connectivity index is 2.44. The number of esters is 1. The van der Waals surface area contributed by atoms with Crippen molar-refractivity contribution in [3.8, 4) is 0 Å². The summed E-state index contributed by atoms with van der Waals surface area (Å²) in [5.74, 6) is -1.17. The lowest BCUT2D eigenvalue weighted by molar-refractivity contribution is -0.145. The van der Waals surface area contributed by atoms with Crippen molar-refractivity contribution >= 4 is 23.7 Å². The van der Waals surface area contributed by atoms with Crippen molar-refractivity contribution in [2.24, 2.45) is 0 Å². The van der Waals surface area contributed by atoms with Gasteiger partial charge in [0.15, 0.2) is 15.3 Å². The Morgan fingerprint density at radius 1 is 0.865 bits per heavy atom. The van der Waals surface area contributed by atoms with E-state index in [1.807, 2.05) is 20.8 Å². The van der Waals surface area contributed by atoms with Crippen LogP contribution in [0.4, 0.5) is 8.78 Å². The number of ether oxygens (including phenoxy) is 1. The predicted molar refractivity (Wildman–Crippen MR) is 145 cm³/mol. The first-order chi connectivity index (χ1) is 17.0. The van der Waals surface area contributed by atoms with Gasteiger partial charge < -0.3 is 4.74 Å². The minimum atomic E-state index is -7.08. The number of hydrogen-bond acceptors (Lipinski definition) is 3. The Morgan fingerprint density at radius 2 is 1.27 bits per heavy atom. The highest BCUT2D eigenvalue weighted by Crippen LogP contribution is 2.82. The quantitative estimate of drug-likeness (QED) is 0.171. The van der Waals surface area contributed by atoms with Crippen molar-refractivity contribution in [2.75, 3.05) is 6.61 Å². The summed E-state index contributed by atoms with van der Waals surface area (Å²) in [6.45, 7) is 8.72. The van der Waals surface area contributed by atoms with Gasteiger partial charge in [-0.1, -0.05) is 84.9 Å². The highest BCUT2D eigenvalue weighted by Gasteiger charge is 2.69. The van der Waals surface area contributed by atoms with E-state index in [4.69, 9.17) is 0 Å². The largest absolute Gasteiger partial charge is 0.455 e. The Hall–Kier alpha value is -2.85. The first kappa shape index (κ1) is 28.7. The van der Waals surface area contributed by atoms with E-state index in [-0.39, 0.29) is 25.7 Å². The van der Waals surface area contributed by atoms with Crippen LogP contribution in [0.2, 0.25) is 0 Å². The molecule has 0 aromatic heterocycles. The molecule has 2 N–H and O–H groups in total. The minimum Gasteiger partial charge on any atom is -0.455 e. The molecule has 0 unspecified atom stereocenters. The molecule has 37 heavy (non-hydrogen) atoms. The van der Waals surface area contributed by atoms with Gasteiger partial charge in [0.2, 0.25) is 0 Å². The average molecular weight is 551 g/mol. The predicted octanol–water partition coefficient (Wildman–Crippen LogP) is 7.66. The lowest BCUT2D eigenvalue weighted by Gasteiger charge is -2.56. The Kier molecular flexibility index (Phi) is 7.60. The minimum absolute atomic E-state index is 0.0395. The molecule has 0 aliphatic carbocycles. The molecule has 200 valence electrons. The number of alkyl halides is 2. The van der Waals surface area contributed by atoms with Gasteiger partial charge >= 0.3 is 11.2 Å². The van der Waals surface area contributed by atoms with Crippen molar-refractivity contribution in [1.82, 2.24) is 0 Å². The Bertz CT molecular complexity index is 1300. The summed E-state index contributed by atoms with van der Waals surface area (Å²) >= 11 is 0. The van der Waals surface area contributed by atoms with Crippen LogP contribution in [0.1, 0.15) is 33.3 Å². The van der Waals surface area contributed by atoms with Gasteiger partial charge in [0, 0.05) is 20.3 Å². The number of hydrogen-bond donors (Lipinski definition) is 2. The van der Waals surface area contributed by atoms with Crippen molar-refractivity contribution in [2.45, 2.75) is 53.1 Å². The lowest BCUT2D eigenvalue weighted by Crippen LogP contribution is -2.55. The standard InChI is InChI=1S/C28H32F2O5S2/c1-21(2)26(31)35-20-28(29,30)37(32,33,34)36(23-12-8-6-9-13-23,24-14-10-7-11-15-24)25-18-16-22(17-19-25)27(3,4)5/h6-19H,1,20H2,2-5H3,(H2,32,33,34). The topological polar surface area (TPSA) is 83.8 Å². The highest BCUT2D eigenvalue weighted by molar-refractivity contribution is 8.97. The zero-order valence-corrected chi connectivity index (χ0v) is 22.8. The monoisotopic (exact) mass is 550 g/mol. The summed E-state index contributed by atoms with van der Waals surface area (Å²) in [7, 11) is -11.1. The number of halogens is 2. The highest BCUT2D eigenvalue weighted by atomic mass is 33.2. The fraction of sp³-hybridized carbons (Fsp3) is 0.250. The normalized spacial score (nSPS) is 14.3. The van der Waals surface area contributed by atoms with E-state index in [1.165, 1.54) is 43.3 Å². The summed E-state index contributed by atoms with van der Waals surface area (Å²) in [5.41, 5.74) is 0.418. The second-order valence-corrected chi connectivity index (χ2v) is 17.8. The van der Waals surface area contributed by atoms with Gasteiger partial charge in [0.05, 0.1) is 0 Å². The van der Waals surface area contributed by atoms with Crippen LogP contribution in [0.25, 0.3) is 0 Å². The van der Waals surface area contributed by atoms with Gasteiger partial charge in [0.1, 0.15) is 0 Å². The lowest BCUT2D eigenvalue weighted by atomic mass is 9.87. The maximum Gasteiger partial charge on any atom is 0.383 e. The molecule has 0 radical (unpaired) electrons. The van der Waals surface area contributed by atoms with E-state index in [1.54, 1.807) is 48.5 Å². The molecule has 0 fully saturated rings. The summed E-state index contributed by atoms with van der Waals surface area (Å²) in [5, 5.41) is -4.76. The van der Waals surface area contributed by atoms with E-state index in [0.717, 1.165) is 5.56 Å². The van der Waals surface area contributed by atoms with E-state index in [9.17, 15) is 18.1 Å². The van der Waals surface area contributed by atoms with Crippen LogP contribution in [-0.2, 0) is 23.6 Å². The van der Waals surface area contributed by atoms with Gasteiger partial charge in [0.25, 0.3) is 0 Å². The summed E-state index contributed by atoms with van der Waals surface area (Å²) in [4.78, 5) is 12.0. The van der Waals surface area contributed by atoms with Crippen LogP contribution in [0.5, 0.6) is 0 Å². The summed E-state index contributed by atoms with van der Waals surface area (Å²) in [6.07, 6.45) is 0. The van der Waals surface area contributed by atoms with Gasteiger partial charge in [-0.05, 0) is 54.3 Å². The molecular weight excluding hydrogens is 518 g/mol. The molecule has 0 atom stereocenters. The third-order valence-electron chi connectivity index (χ3n) is 5.88. The van der Waals surface area contributed by atoms with Crippen molar-refractivity contribution < 1.29 is 31.6 Å². The first-order valence-electron chi connectivity index (χ1n) is 11.4. The van der Waals surface area contributed by atoms with Crippen LogP contribution < -0.4 is 0 Å². The van der Waals surface area contributed by atoms with Gasteiger partial charge in [-0.2, -0.15) is 8.78 Å². The first-order valence-corrected chi connectivity index (χ1v) is 15.5. The summed E-state index contributed by atoms with van der Waals surface area (Å²) < 4.78 is 74.3. The van der Waals surface area contributed by atoms with Gasteiger partial charge in [-0.25, -0.2) is 9.00 Å². The molecule has 3 rings (SSSR count). The van der Waals surface area contributed by atoms with Gasteiger partial charge in [-0.15, -0.1) is 0 Å². The molecule has 0 aliphatic heterocycles. The molecule has 5 nitrogen and oxygen atoms in total. The number of rotatable bonds is 8. The number of carbonyl (C=O) groups is 1. The van der Waals surface area contributed by atoms with Crippen LogP contribution in [-0.4, -0.2) is 31.1 Å². The van der Waals surface area contributed by atoms with Crippen molar-refractivity contribution in [3.05, 3.63) is 103 Å². The van der Waals surface area contributed by atoms with Crippen LogP contribution in [0, 0.1) is 0 Å². The SMILES string of the molecule is C=C(C)C(=O)OCC(F)(F)S(=O)(O)(O)S(c1ccccc1)(c1ccccc1)c1ccc(C(C)(C)C)cc1. The fourth-order valence-corrected chi connectivity index (χ4v) is 13.3. The smallest absolute Gasteiger partial charge is 0.383 e. The zero-order valence-electron chi connectivity index (χ0n) is 21.2. The Labute approximate surface area is 217 Å². The number of carbonyl (C=O) groups excluding carboxylic acids is 1.